The van der Waals surface area contributed by atoms with Crippen molar-refractivity contribution in [3.63, 3.8) is 0 Å². The maximum atomic E-state index is 10.5. The van der Waals surface area contributed by atoms with E-state index in [2.05, 4.69) is 0 Å². The molecule has 0 fully saturated rings. The highest BCUT2D eigenvalue weighted by molar-refractivity contribution is 14.1. The summed E-state index contributed by atoms with van der Waals surface area (Å²) in [5, 5.41) is 0.890. The summed E-state index contributed by atoms with van der Waals surface area (Å²) in [6.45, 7) is 0. The zero-order valence-electron chi connectivity index (χ0n) is 4.77. The molecule has 54 valence electrons. The van der Waals surface area contributed by atoms with Gasteiger partial charge < -0.3 is 0 Å². The summed E-state index contributed by atoms with van der Waals surface area (Å²) >= 11 is 10.1. The van der Waals surface area contributed by atoms with E-state index < -0.39 is 21.2 Å². The lowest BCUT2D eigenvalue weighted by molar-refractivity contribution is 0.648. The molecule has 0 aliphatic rings. The molecule has 0 amide bonds. The van der Waals surface area contributed by atoms with Gasteiger partial charge in [0.05, 0.1) is 13.6 Å². The highest BCUT2D eigenvalue weighted by Gasteiger charge is 2.01. The summed E-state index contributed by atoms with van der Waals surface area (Å²) < 4.78 is 11.1. The second-order valence-corrected chi connectivity index (χ2v) is 4.00. The predicted octanol–water partition coefficient (Wildman–Crippen LogP) is 3.48. The van der Waals surface area contributed by atoms with E-state index in [9.17, 15) is 3.07 Å². The van der Waals surface area contributed by atoms with Gasteiger partial charge in [-0.3, -0.25) is 3.07 Å². The molecule has 1 aromatic carbocycles. The van der Waals surface area contributed by atoms with Crippen molar-refractivity contribution in [3.8, 4) is 0 Å². The van der Waals surface area contributed by atoms with E-state index in [0.29, 0.717) is 13.6 Å². The molecule has 0 aromatic heterocycles. The number of hydrogen-bond acceptors (Lipinski definition) is 1. The molecule has 4 heteroatoms. The van der Waals surface area contributed by atoms with Crippen molar-refractivity contribution < 1.29 is 3.07 Å². The zero-order chi connectivity index (χ0) is 7.56. The Hall–Kier alpha value is 0.330. The van der Waals surface area contributed by atoms with Crippen LogP contribution in [0.4, 0.5) is 0 Å². The Morgan fingerprint density at radius 2 is 2.00 bits per heavy atom. The number of hydrogen-bond donors (Lipinski definition) is 0. The van der Waals surface area contributed by atoms with Crippen LogP contribution in [-0.4, -0.2) is 0 Å². The van der Waals surface area contributed by atoms with Gasteiger partial charge in [-0.2, -0.15) is 0 Å². The summed E-state index contributed by atoms with van der Waals surface area (Å²) in [6.07, 6.45) is 0. The van der Waals surface area contributed by atoms with Crippen LogP contribution < -0.4 is 0 Å². The second-order valence-electron chi connectivity index (χ2n) is 1.61. The Morgan fingerprint density at radius 3 is 2.50 bits per heavy atom. The quantitative estimate of drug-likeness (QED) is 0.571. The summed E-state index contributed by atoms with van der Waals surface area (Å²) in [5.41, 5.74) is 0. The molecule has 10 heavy (non-hydrogen) atoms. The first kappa shape index (κ1) is 8.43. The van der Waals surface area contributed by atoms with Crippen molar-refractivity contribution in [2.45, 2.75) is 0 Å². The van der Waals surface area contributed by atoms with E-state index in [0.717, 1.165) is 0 Å². The molecule has 1 nitrogen and oxygen atoms in total. The minimum absolute atomic E-state index is 0.423. The van der Waals surface area contributed by atoms with Crippen LogP contribution in [0, 0.1) is 3.57 Å². The largest absolute Gasteiger partial charge is 0.265 e. The van der Waals surface area contributed by atoms with Gasteiger partial charge >= 0.3 is 0 Å². The van der Waals surface area contributed by atoms with Gasteiger partial charge in [-0.1, -0.05) is 29.3 Å². The van der Waals surface area contributed by atoms with E-state index in [1.54, 1.807) is 18.2 Å². The molecule has 0 saturated heterocycles. The Bertz CT molecular complexity index is 262. The van der Waals surface area contributed by atoms with Crippen LogP contribution in [0.2, 0.25) is 10.0 Å². The fourth-order valence-corrected chi connectivity index (χ4v) is 2.03. The first-order valence-electron chi connectivity index (χ1n) is 2.47. The molecule has 0 unspecified atom stereocenters. The van der Waals surface area contributed by atoms with Crippen LogP contribution in [0.5, 0.6) is 0 Å². The first-order valence-corrected chi connectivity index (χ1v) is 5.18. The van der Waals surface area contributed by atoms with E-state index in [4.69, 9.17) is 23.2 Å². The minimum Gasteiger partial charge on any atom is -0.265 e. The monoisotopic (exact) mass is 288 g/mol. The van der Waals surface area contributed by atoms with E-state index in [-0.39, 0.29) is 0 Å². The summed E-state index contributed by atoms with van der Waals surface area (Å²) in [6, 6.07) is 5.13. The first-order chi connectivity index (χ1) is 4.75. The SMILES string of the molecule is O=Ic1cccc(Cl)c1Cl. The molecular weight excluding hydrogens is 286 g/mol. The molecule has 1 rings (SSSR count). The van der Waals surface area contributed by atoms with Crippen molar-refractivity contribution in [3.05, 3.63) is 31.8 Å². The lowest BCUT2D eigenvalue weighted by Crippen LogP contribution is -1.73. The second kappa shape index (κ2) is 3.64. The van der Waals surface area contributed by atoms with E-state index in [1.165, 1.54) is 0 Å². The van der Waals surface area contributed by atoms with Gasteiger partial charge in [-0.05, 0) is 12.1 Å². The van der Waals surface area contributed by atoms with Crippen LogP contribution in [0.25, 0.3) is 0 Å². The molecule has 0 aliphatic carbocycles. The van der Waals surface area contributed by atoms with Crippen LogP contribution in [0.3, 0.4) is 0 Å². The maximum absolute atomic E-state index is 10.5. The Balaban J connectivity index is 3.27. The summed E-state index contributed by atoms with van der Waals surface area (Å²) in [5.74, 6) is 0. The van der Waals surface area contributed by atoms with Gasteiger partial charge in [0.25, 0.3) is 0 Å². The van der Waals surface area contributed by atoms with Gasteiger partial charge in [0.15, 0.2) is 21.2 Å². The van der Waals surface area contributed by atoms with Crippen LogP contribution in [0.15, 0.2) is 18.2 Å². The zero-order valence-corrected chi connectivity index (χ0v) is 8.44. The van der Waals surface area contributed by atoms with Gasteiger partial charge in [0.1, 0.15) is 0 Å². The van der Waals surface area contributed by atoms with Gasteiger partial charge in [0.2, 0.25) is 0 Å². The Kier molecular flexibility index (Phi) is 3.07. The highest BCUT2D eigenvalue weighted by atomic mass is 127. The van der Waals surface area contributed by atoms with Gasteiger partial charge in [0, 0.05) is 0 Å². The van der Waals surface area contributed by atoms with Crippen LogP contribution in [0.1, 0.15) is 0 Å². The van der Waals surface area contributed by atoms with Crippen molar-refractivity contribution >= 4 is 44.4 Å². The molecule has 0 bridgehead atoms. The number of benzene rings is 1. The molecule has 1 aromatic rings. The lowest BCUT2D eigenvalue weighted by atomic mass is 10.4. The van der Waals surface area contributed by atoms with Gasteiger partial charge in [-0.25, -0.2) is 0 Å². The Morgan fingerprint density at radius 1 is 1.30 bits per heavy atom. The molecule has 0 aliphatic heterocycles. The third-order valence-corrected chi connectivity index (χ3v) is 3.50. The van der Waals surface area contributed by atoms with Crippen molar-refractivity contribution in [2.24, 2.45) is 0 Å². The molecule has 0 N–H and O–H groups in total. The predicted molar refractivity (Wildman–Crippen MR) is 49.9 cm³/mol. The smallest absolute Gasteiger partial charge is 0.183 e. The fourth-order valence-electron chi connectivity index (χ4n) is 0.537. The third-order valence-electron chi connectivity index (χ3n) is 0.988. The summed E-state index contributed by atoms with van der Waals surface area (Å²) in [7, 11) is 0. The normalized spacial score (nSPS) is 9.80. The standard InChI is InChI=1S/C6H3Cl2IO/c7-4-2-1-3-5(9-10)6(4)8/h1-3H. The van der Waals surface area contributed by atoms with Crippen molar-refractivity contribution in [1.29, 1.82) is 0 Å². The fraction of sp³-hybridized carbons (Fsp3) is 0. The highest BCUT2D eigenvalue weighted by Crippen LogP contribution is 2.28. The van der Waals surface area contributed by atoms with Gasteiger partial charge in [-0.15, -0.1) is 0 Å². The topological polar surface area (TPSA) is 17.1 Å². The average molecular weight is 289 g/mol. The van der Waals surface area contributed by atoms with Crippen LogP contribution in [-0.2, 0) is 3.07 Å². The molecule has 0 radical (unpaired) electrons. The van der Waals surface area contributed by atoms with Crippen molar-refractivity contribution in [2.75, 3.05) is 0 Å². The molecular formula is C6H3Cl2IO. The molecule has 0 heterocycles. The lowest BCUT2D eigenvalue weighted by Gasteiger charge is -1.94. The molecule has 0 spiro atoms. The molecule has 0 saturated carbocycles. The minimum atomic E-state index is -1.20. The number of halogens is 3. The molecule has 0 atom stereocenters. The number of rotatable bonds is 1. The third kappa shape index (κ3) is 1.68. The maximum Gasteiger partial charge on any atom is 0.183 e. The van der Waals surface area contributed by atoms with E-state index in [1.807, 2.05) is 0 Å². The van der Waals surface area contributed by atoms with Crippen molar-refractivity contribution in [1.82, 2.24) is 0 Å². The van der Waals surface area contributed by atoms with Crippen LogP contribution >= 0.6 is 44.4 Å². The van der Waals surface area contributed by atoms with E-state index >= 15 is 0 Å². The average Bonchev–Trinajstić information content (AvgIpc) is 1.95. The summed E-state index contributed by atoms with van der Waals surface area (Å²) in [4.78, 5) is 0. The Labute approximate surface area is 79.0 Å².